The minimum atomic E-state index is -0.154. The maximum absolute atomic E-state index is 12.2. The summed E-state index contributed by atoms with van der Waals surface area (Å²) in [4.78, 5) is 14.2. The van der Waals surface area contributed by atoms with Crippen LogP contribution in [-0.2, 0) is 9.53 Å². The molecular weight excluding hydrogens is 204 g/mol. The largest absolute Gasteiger partial charge is 0.368 e. The first-order valence-corrected chi connectivity index (χ1v) is 6.45. The summed E-state index contributed by atoms with van der Waals surface area (Å²) >= 11 is 0. The molecule has 2 atom stereocenters. The van der Waals surface area contributed by atoms with Crippen molar-refractivity contribution in [3.63, 3.8) is 0 Å². The number of hydrogen-bond acceptors (Lipinski definition) is 3. The molecule has 0 aromatic heterocycles. The molecular formula is C12H22N2O2. The van der Waals surface area contributed by atoms with Crippen LogP contribution in [0.25, 0.3) is 0 Å². The molecule has 92 valence electrons. The van der Waals surface area contributed by atoms with Gasteiger partial charge >= 0.3 is 0 Å². The van der Waals surface area contributed by atoms with Gasteiger partial charge in [0.05, 0.1) is 0 Å². The minimum absolute atomic E-state index is 0.154. The number of ether oxygens (including phenoxy) is 1. The average molecular weight is 226 g/mol. The van der Waals surface area contributed by atoms with Gasteiger partial charge in [-0.2, -0.15) is 0 Å². The van der Waals surface area contributed by atoms with E-state index in [0.29, 0.717) is 6.04 Å². The Morgan fingerprint density at radius 3 is 2.94 bits per heavy atom. The van der Waals surface area contributed by atoms with Gasteiger partial charge in [-0.15, -0.1) is 0 Å². The molecule has 0 spiro atoms. The molecule has 1 amide bonds. The van der Waals surface area contributed by atoms with Gasteiger partial charge in [0.15, 0.2) is 0 Å². The summed E-state index contributed by atoms with van der Waals surface area (Å²) in [5.41, 5.74) is 5.52. The van der Waals surface area contributed by atoms with E-state index in [1.54, 1.807) is 0 Å². The summed E-state index contributed by atoms with van der Waals surface area (Å²) in [6.07, 6.45) is 6.11. The van der Waals surface area contributed by atoms with E-state index >= 15 is 0 Å². The molecule has 0 aromatic rings. The lowest BCUT2D eigenvalue weighted by atomic mass is 10.1. The Balaban J connectivity index is 1.88. The monoisotopic (exact) mass is 226 g/mol. The van der Waals surface area contributed by atoms with E-state index in [1.807, 2.05) is 4.90 Å². The Bertz CT molecular complexity index is 239. The predicted molar refractivity (Wildman–Crippen MR) is 62.0 cm³/mol. The molecule has 0 aliphatic carbocycles. The van der Waals surface area contributed by atoms with E-state index in [4.69, 9.17) is 10.5 Å². The maximum Gasteiger partial charge on any atom is 0.251 e. The Hall–Kier alpha value is -0.610. The van der Waals surface area contributed by atoms with E-state index in [-0.39, 0.29) is 12.0 Å². The molecule has 0 radical (unpaired) electrons. The highest BCUT2D eigenvalue weighted by Gasteiger charge is 2.34. The number of nitrogens with zero attached hydrogens (tertiary/aromatic N) is 1. The third-order valence-electron chi connectivity index (χ3n) is 3.61. The molecule has 2 rings (SSSR count). The normalized spacial score (nSPS) is 29.9. The average Bonchev–Trinajstić information content (AvgIpc) is 2.96. The van der Waals surface area contributed by atoms with Crippen LogP contribution in [-0.4, -0.2) is 42.6 Å². The van der Waals surface area contributed by atoms with Crippen LogP contribution in [0.1, 0.15) is 38.5 Å². The minimum Gasteiger partial charge on any atom is -0.368 e. The molecule has 2 heterocycles. The van der Waals surface area contributed by atoms with Crippen molar-refractivity contribution in [2.45, 2.75) is 50.7 Å². The second-order valence-electron chi connectivity index (χ2n) is 4.76. The molecule has 4 nitrogen and oxygen atoms in total. The number of carbonyl (C=O) groups is 1. The molecule has 2 N–H and O–H groups in total. The molecule has 16 heavy (non-hydrogen) atoms. The number of likely N-dealkylation sites (tertiary alicyclic amines) is 1. The third-order valence-corrected chi connectivity index (χ3v) is 3.61. The SMILES string of the molecule is NCCCC1CCCN1C(=O)C1CCCO1. The highest BCUT2D eigenvalue weighted by Crippen LogP contribution is 2.24. The number of hydrogen-bond donors (Lipinski definition) is 1. The molecule has 2 aliphatic rings. The van der Waals surface area contributed by atoms with E-state index in [0.717, 1.165) is 58.2 Å². The van der Waals surface area contributed by atoms with Crippen LogP contribution >= 0.6 is 0 Å². The Kier molecular flexibility index (Phi) is 4.18. The molecule has 2 aliphatic heterocycles. The Labute approximate surface area is 97.1 Å². The fourth-order valence-electron chi connectivity index (χ4n) is 2.74. The van der Waals surface area contributed by atoms with Crippen LogP contribution in [0.4, 0.5) is 0 Å². The van der Waals surface area contributed by atoms with E-state index in [1.165, 1.54) is 0 Å². The van der Waals surface area contributed by atoms with E-state index in [2.05, 4.69) is 0 Å². The van der Waals surface area contributed by atoms with Crippen molar-refractivity contribution >= 4 is 5.91 Å². The van der Waals surface area contributed by atoms with Crippen molar-refractivity contribution in [1.82, 2.24) is 4.90 Å². The van der Waals surface area contributed by atoms with Gasteiger partial charge in [-0.25, -0.2) is 0 Å². The van der Waals surface area contributed by atoms with Gasteiger partial charge in [-0.05, 0) is 45.1 Å². The molecule has 0 aromatic carbocycles. The van der Waals surface area contributed by atoms with Gasteiger partial charge in [0.1, 0.15) is 6.10 Å². The fourth-order valence-corrected chi connectivity index (χ4v) is 2.74. The summed E-state index contributed by atoms with van der Waals surface area (Å²) in [6.45, 7) is 2.38. The van der Waals surface area contributed by atoms with Crippen molar-refractivity contribution < 1.29 is 9.53 Å². The summed E-state index contributed by atoms with van der Waals surface area (Å²) in [6, 6.07) is 0.417. The van der Waals surface area contributed by atoms with Crippen LogP contribution in [0.15, 0.2) is 0 Å². The first-order chi connectivity index (χ1) is 7.83. The van der Waals surface area contributed by atoms with Crippen molar-refractivity contribution in [3.05, 3.63) is 0 Å². The van der Waals surface area contributed by atoms with Crippen LogP contribution < -0.4 is 5.73 Å². The van der Waals surface area contributed by atoms with Crippen molar-refractivity contribution in [1.29, 1.82) is 0 Å². The summed E-state index contributed by atoms with van der Waals surface area (Å²) < 4.78 is 5.46. The standard InChI is InChI=1S/C12H22N2O2/c13-7-1-4-10-5-2-8-14(10)12(15)11-6-3-9-16-11/h10-11H,1-9,13H2. The van der Waals surface area contributed by atoms with E-state index in [9.17, 15) is 4.79 Å². The highest BCUT2D eigenvalue weighted by atomic mass is 16.5. The second kappa shape index (κ2) is 5.64. The predicted octanol–water partition coefficient (Wildman–Crippen LogP) is 0.895. The van der Waals surface area contributed by atoms with Crippen molar-refractivity contribution in [2.24, 2.45) is 5.73 Å². The highest BCUT2D eigenvalue weighted by molar-refractivity contribution is 5.81. The fraction of sp³-hybridized carbons (Fsp3) is 0.917. The lowest BCUT2D eigenvalue weighted by Crippen LogP contribution is -2.42. The zero-order chi connectivity index (χ0) is 11.4. The zero-order valence-corrected chi connectivity index (χ0v) is 9.86. The number of carbonyl (C=O) groups excluding carboxylic acids is 1. The second-order valence-corrected chi connectivity index (χ2v) is 4.76. The Morgan fingerprint density at radius 1 is 1.38 bits per heavy atom. The molecule has 4 heteroatoms. The first kappa shape index (κ1) is 11.9. The smallest absolute Gasteiger partial charge is 0.251 e. The summed E-state index contributed by atoms with van der Waals surface area (Å²) in [5.74, 6) is 0.219. The van der Waals surface area contributed by atoms with Crippen LogP contribution in [0.2, 0.25) is 0 Å². The van der Waals surface area contributed by atoms with Crippen LogP contribution in [0.3, 0.4) is 0 Å². The molecule has 2 fully saturated rings. The van der Waals surface area contributed by atoms with Crippen LogP contribution in [0.5, 0.6) is 0 Å². The van der Waals surface area contributed by atoms with Gasteiger partial charge < -0.3 is 15.4 Å². The number of amides is 1. The quantitative estimate of drug-likeness (QED) is 0.774. The molecule has 2 saturated heterocycles. The number of nitrogens with two attached hydrogens (primary N) is 1. The van der Waals surface area contributed by atoms with Crippen LogP contribution in [0, 0.1) is 0 Å². The van der Waals surface area contributed by atoms with Crippen molar-refractivity contribution in [2.75, 3.05) is 19.7 Å². The van der Waals surface area contributed by atoms with Crippen molar-refractivity contribution in [3.8, 4) is 0 Å². The summed E-state index contributed by atoms with van der Waals surface area (Å²) in [7, 11) is 0. The lowest BCUT2D eigenvalue weighted by molar-refractivity contribution is -0.141. The van der Waals surface area contributed by atoms with Gasteiger partial charge in [0, 0.05) is 19.2 Å². The number of rotatable bonds is 4. The Morgan fingerprint density at radius 2 is 2.25 bits per heavy atom. The topological polar surface area (TPSA) is 55.6 Å². The first-order valence-electron chi connectivity index (χ1n) is 6.45. The van der Waals surface area contributed by atoms with Gasteiger partial charge in [-0.3, -0.25) is 4.79 Å². The summed E-state index contributed by atoms with van der Waals surface area (Å²) in [5, 5.41) is 0. The molecule has 0 saturated carbocycles. The van der Waals surface area contributed by atoms with Gasteiger partial charge in [0.25, 0.3) is 5.91 Å². The van der Waals surface area contributed by atoms with Gasteiger partial charge in [-0.1, -0.05) is 0 Å². The van der Waals surface area contributed by atoms with E-state index < -0.39 is 0 Å². The molecule has 0 bridgehead atoms. The lowest BCUT2D eigenvalue weighted by Gasteiger charge is -2.27. The molecule has 2 unspecified atom stereocenters. The zero-order valence-electron chi connectivity index (χ0n) is 9.86. The third kappa shape index (κ3) is 2.55. The van der Waals surface area contributed by atoms with Gasteiger partial charge in [0.2, 0.25) is 0 Å². The maximum atomic E-state index is 12.2.